The number of nitrogens with one attached hydrogen (secondary N) is 1. The van der Waals surface area contributed by atoms with Crippen LogP contribution in [-0.4, -0.2) is 50.0 Å². The highest BCUT2D eigenvalue weighted by atomic mass is 16.3. The number of hydrogen-bond donors (Lipinski definition) is 2. The van der Waals surface area contributed by atoms with E-state index in [9.17, 15) is 9.90 Å². The van der Waals surface area contributed by atoms with E-state index in [1.165, 1.54) is 6.42 Å². The van der Waals surface area contributed by atoms with Gasteiger partial charge in [-0.15, -0.1) is 10.2 Å². The minimum absolute atomic E-state index is 0.0355. The van der Waals surface area contributed by atoms with E-state index in [2.05, 4.69) is 20.1 Å². The topological polar surface area (TPSA) is 83.3 Å². The summed E-state index contributed by atoms with van der Waals surface area (Å²) in [5.41, 5.74) is 0. The van der Waals surface area contributed by atoms with Gasteiger partial charge in [-0.05, 0) is 25.7 Å². The van der Waals surface area contributed by atoms with E-state index in [1.54, 1.807) is 4.90 Å². The van der Waals surface area contributed by atoms with E-state index in [0.29, 0.717) is 6.54 Å². The Kier molecular flexibility index (Phi) is 4.38. The van der Waals surface area contributed by atoms with Crippen LogP contribution in [0.1, 0.15) is 43.8 Å². The lowest BCUT2D eigenvalue weighted by Gasteiger charge is -2.23. The summed E-state index contributed by atoms with van der Waals surface area (Å²) in [6.45, 7) is 2.10. The predicted molar refractivity (Wildman–Crippen MR) is 76.6 cm³/mol. The van der Waals surface area contributed by atoms with E-state index in [-0.39, 0.29) is 18.7 Å². The Labute approximate surface area is 124 Å². The first-order valence-electron chi connectivity index (χ1n) is 7.86. The van der Waals surface area contributed by atoms with Gasteiger partial charge in [0.1, 0.15) is 5.82 Å². The average molecular weight is 293 g/mol. The first-order valence-corrected chi connectivity index (χ1v) is 7.86. The number of aliphatic hydroxyl groups excluding tert-OH is 1. The van der Waals surface area contributed by atoms with Crippen LogP contribution in [0.3, 0.4) is 0 Å². The number of rotatable bonds is 3. The molecule has 1 fully saturated rings. The average Bonchev–Trinajstić information content (AvgIpc) is 3.06. The quantitative estimate of drug-likeness (QED) is 0.858. The molecule has 2 aliphatic rings. The Morgan fingerprint density at radius 1 is 1.24 bits per heavy atom. The van der Waals surface area contributed by atoms with Gasteiger partial charge in [0.05, 0.1) is 19.2 Å². The number of aryl methyl sites for hydroxylation is 1. The van der Waals surface area contributed by atoms with Gasteiger partial charge in [0, 0.05) is 19.5 Å². The van der Waals surface area contributed by atoms with E-state index in [1.807, 2.05) is 0 Å². The molecule has 0 spiro atoms. The highest BCUT2D eigenvalue weighted by molar-refractivity contribution is 5.74. The number of urea groups is 1. The number of carbonyl (C=O) groups is 1. The van der Waals surface area contributed by atoms with Gasteiger partial charge in [0.2, 0.25) is 0 Å². The molecule has 2 N–H and O–H groups in total. The number of likely N-dealkylation sites (tertiary alicyclic amines) is 1. The van der Waals surface area contributed by atoms with Gasteiger partial charge in [0.25, 0.3) is 0 Å². The van der Waals surface area contributed by atoms with E-state index in [0.717, 1.165) is 56.8 Å². The van der Waals surface area contributed by atoms with E-state index in [4.69, 9.17) is 0 Å². The molecule has 0 radical (unpaired) electrons. The molecule has 1 aromatic heterocycles. The molecule has 3 heterocycles. The molecule has 2 aliphatic heterocycles. The maximum absolute atomic E-state index is 12.2. The van der Waals surface area contributed by atoms with Crippen LogP contribution in [0.2, 0.25) is 0 Å². The number of aromatic nitrogens is 3. The number of fused-ring (bicyclic) bond motifs is 1. The summed E-state index contributed by atoms with van der Waals surface area (Å²) >= 11 is 0. The summed E-state index contributed by atoms with van der Waals surface area (Å²) < 4.78 is 2.14. The van der Waals surface area contributed by atoms with Crippen molar-refractivity contribution in [3.8, 4) is 0 Å². The normalized spacial score (nSPS) is 22.0. The van der Waals surface area contributed by atoms with Gasteiger partial charge < -0.3 is 19.9 Å². The Morgan fingerprint density at radius 3 is 3.00 bits per heavy atom. The molecule has 7 heteroatoms. The Bertz CT molecular complexity index is 502. The van der Waals surface area contributed by atoms with Gasteiger partial charge >= 0.3 is 6.03 Å². The van der Waals surface area contributed by atoms with E-state index >= 15 is 0 Å². The molecule has 7 nitrogen and oxygen atoms in total. The molecule has 2 amide bonds. The standard InChI is InChI=1S/C14H23N5O2/c20-10-11-5-4-8-18(11)14(21)15-9-13-17-16-12-6-2-1-3-7-19(12)13/h11,20H,1-10H2,(H,15,21)/t11-/m0/s1. The summed E-state index contributed by atoms with van der Waals surface area (Å²) in [5.74, 6) is 1.87. The molecule has 0 bridgehead atoms. The van der Waals surface area contributed by atoms with E-state index < -0.39 is 0 Å². The molecular weight excluding hydrogens is 270 g/mol. The maximum atomic E-state index is 12.2. The first-order chi connectivity index (χ1) is 10.3. The summed E-state index contributed by atoms with van der Waals surface area (Å²) in [5, 5.41) is 20.6. The number of carbonyl (C=O) groups excluding carboxylic acids is 1. The largest absolute Gasteiger partial charge is 0.394 e. The van der Waals surface area contributed by atoms with Gasteiger partial charge in [-0.25, -0.2) is 4.79 Å². The SMILES string of the molecule is O=C(NCc1nnc2n1CCCCC2)N1CCC[C@H]1CO. The Balaban J connectivity index is 1.60. The fraction of sp³-hybridized carbons (Fsp3) is 0.786. The van der Waals surface area contributed by atoms with Crippen LogP contribution < -0.4 is 5.32 Å². The smallest absolute Gasteiger partial charge is 0.318 e. The molecule has 0 aliphatic carbocycles. The molecule has 0 aromatic carbocycles. The monoisotopic (exact) mass is 293 g/mol. The molecule has 1 atom stereocenters. The molecule has 3 rings (SSSR count). The highest BCUT2D eigenvalue weighted by Crippen LogP contribution is 2.17. The summed E-state index contributed by atoms with van der Waals surface area (Å²) in [7, 11) is 0. The highest BCUT2D eigenvalue weighted by Gasteiger charge is 2.28. The van der Waals surface area contributed by atoms with Gasteiger partial charge in [-0.3, -0.25) is 0 Å². The zero-order valence-electron chi connectivity index (χ0n) is 12.3. The van der Waals surface area contributed by atoms with Crippen molar-refractivity contribution in [3.63, 3.8) is 0 Å². The lowest BCUT2D eigenvalue weighted by atomic mass is 10.2. The second kappa shape index (κ2) is 6.43. The van der Waals surface area contributed by atoms with Crippen molar-refractivity contribution in [2.75, 3.05) is 13.2 Å². The van der Waals surface area contributed by atoms with Crippen molar-refractivity contribution in [1.82, 2.24) is 25.0 Å². The zero-order chi connectivity index (χ0) is 14.7. The molecule has 116 valence electrons. The third kappa shape index (κ3) is 3.02. The minimum Gasteiger partial charge on any atom is -0.394 e. The Morgan fingerprint density at radius 2 is 2.14 bits per heavy atom. The van der Waals surface area contributed by atoms with Crippen LogP contribution >= 0.6 is 0 Å². The van der Waals surface area contributed by atoms with Crippen LogP contribution in [0.15, 0.2) is 0 Å². The molecule has 1 aromatic rings. The number of hydrogen-bond acceptors (Lipinski definition) is 4. The van der Waals surface area contributed by atoms with Crippen LogP contribution in [-0.2, 0) is 19.5 Å². The van der Waals surface area contributed by atoms with Gasteiger partial charge in [0.15, 0.2) is 5.82 Å². The zero-order valence-corrected chi connectivity index (χ0v) is 12.3. The van der Waals surface area contributed by atoms with Crippen molar-refractivity contribution in [2.45, 2.75) is 57.7 Å². The molecule has 0 saturated carbocycles. The molecule has 0 unspecified atom stereocenters. The van der Waals surface area contributed by atoms with Crippen LogP contribution in [0.5, 0.6) is 0 Å². The van der Waals surface area contributed by atoms with Crippen molar-refractivity contribution in [1.29, 1.82) is 0 Å². The number of nitrogens with zero attached hydrogens (tertiary/aromatic N) is 4. The van der Waals surface area contributed by atoms with Crippen LogP contribution in [0, 0.1) is 0 Å². The second-order valence-electron chi connectivity index (χ2n) is 5.83. The molecule has 21 heavy (non-hydrogen) atoms. The van der Waals surface area contributed by atoms with Crippen LogP contribution in [0.25, 0.3) is 0 Å². The van der Waals surface area contributed by atoms with Crippen molar-refractivity contribution < 1.29 is 9.90 Å². The number of aliphatic hydroxyl groups is 1. The maximum Gasteiger partial charge on any atom is 0.318 e. The third-order valence-corrected chi connectivity index (χ3v) is 4.43. The van der Waals surface area contributed by atoms with Crippen LogP contribution in [0.4, 0.5) is 4.79 Å². The predicted octanol–water partition coefficient (Wildman–Crippen LogP) is 0.671. The summed E-state index contributed by atoms with van der Waals surface area (Å²) in [4.78, 5) is 13.9. The first kappa shape index (κ1) is 14.3. The van der Waals surface area contributed by atoms with Crippen molar-refractivity contribution >= 4 is 6.03 Å². The lowest BCUT2D eigenvalue weighted by Crippen LogP contribution is -2.44. The summed E-state index contributed by atoms with van der Waals surface area (Å²) in [6, 6.07) is -0.155. The fourth-order valence-electron chi connectivity index (χ4n) is 3.23. The number of amides is 2. The molecule has 1 saturated heterocycles. The van der Waals surface area contributed by atoms with Crippen molar-refractivity contribution in [2.24, 2.45) is 0 Å². The lowest BCUT2D eigenvalue weighted by molar-refractivity contribution is 0.156. The molecular formula is C14H23N5O2. The van der Waals surface area contributed by atoms with Gasteiger partial charge in [-0.2, -0.15) is 0 Å². The fourth-order valence-corrected chi connectivity index (χ4v) is 3.23. The third-order valence-electron chi connectivity index (χ3n) is 4.43. The van der Waals surface area contributed by atoms with Gasteiger partial charge in [-0.1, -0.05) is 6.42 Å². The summed E-state index contributed by atoms with van der Waals surface area (Å²) in [6.07, 6.45) is 6.34. The minimum atomic E-state index is -0.113. The van der Waals surface area contributed by atoms with Crippen molar-refractivity contribution in [3.05, 3.63) is 11.6 Å². The second-order valence-corrected chi connectivity index (χ2v) is 5.83. The Hall–Kier alpha value is -1.63.